The quantitative estimate of drug-likeness (QED) is 0.737. The van der Waals surface area contributed by atoms with Gasteiger partial charge in [0.05, 0.1) is 13.2 Å². The van der Waals surface area contributed by atoms with Crippen LogP contribution >= 0.6 is 11.8 Å². The standard InChI is InChI=1S/C19H27NO3S/c21-18(23-16-13-20-11-14-22-15-12-20)19(9-5-2-6-10-19)24-17-7-3-1-4-8-17/h1,3-4,7-8H,2,5-6,9-16H2. The molecule has 0 N–H and O–H groups in total. The van der Waals surface area contributed by atoms with Gasteiger partial charge in [0.1, 0.15) is 11.4 Å². The van der Waals surface area contributed by atoms with Crippen molar-refractivity contribution in [2.24, 2.45) is 0 Å². The molecule has 0 spiro atoms. The third-order valence-corrected chi connectivity index (χ3v) is 6.31. The Kier molecular flexibility index (Phi) is 6.58. The third kappa shape index (κ3) is 4.74. The van der Waals surface area contributed by atoms with Crippen LogP contribution in [0.1, 0.15) is 32.1 Å². The average molecular weight is 349 g/mol. The van der Waals surface area contributed by atoms with Crippen molar-refractivity contribution in [3.05, 3.63) is 30.3 Å². The van der Waals surface area contributed by atoms with Gasteiger partial charge in [-0.2, -0.15) is 0 Å². The first-order chi connectivity index (χ1) is 11.8. The Bertz CT molecular complexity index is 511. The van der Waals surface area contributed by atoms with Crippen LogP contribution in [0.3, 0.4) is 0 Å². The minimum Gasteiger partial charge on any atom is -0.463 e. The molecule has 4 nitrogen and oxygen atoms in total. The van der Waals surface area contributed by atoms with Crippen molar-refractivity contribution in [1.29, 1.82) is 0 Å². The normalized spacial score (nSPS) is 21.3. The first-order valence-corrected chi connectivity index (χ1v) is 9.82. The molecule has 24 heavy (non-hydrogen) atoms. The van der Waals surface area contributed by atoms with Crippen LogP contribution in [0.15, 0.2) is 35.2 Å². The van der Waals surface area contributed by atoms with Crippen molar-refractivity contribution in [3.63, 3.8) is 0 Å². The fourth-order valence-corrected chi connectivity index (χ4v) is 4.79. The summed E-state index contributed by atoms with van der Waals surface area (Å²) in [6.45, 7) is 4.71. The van der Waals surface area contributed by atoms with Crippen molar-refractivity contribution >= 4 is 17.7 Å². The second-order valence-electron chi connectivity index (χ2n) is 6.56. The predicted octanol–water partition coefficient (Wildman–Crippen LogP) is 3.36. The molecule has 1 saturated heterocycles. The van der Waals surface area contributed by atoms with Gasteiger partial charge in [-0.15, -0.1) is 11.8 Å². The van der Waals surface area contributed by atoms with Crippen LogP contribution in [-0.2, 0) is 14.3 Å². The summed E-state index contributed by atoms with van der Waals surface area (Å²) in [5, 5.41) is 0. The van der Waals surface area contributed by atoms with Crippen LogP contribution in [0.25, 0.3) is 0 Å². The largest absolute Gasteiger partial charge is 0.463 e. The van der Waals surface area contributed by atoms with E-state index in [0.717, 1.165) is 63.4 Å². The number of thioether (sulfide) groups is 1. The second-order valence-corrected chi connectivity index (χ2v) is 8.02. The topological polar surface area (TPSA) is 38.8 Å². The maximum Gasteiger partial charge on any atom is 0.322 e. The zero-order valence-corrected chi connectivity index (χ0v) is 15.1. The van der Waals surface area contributed by atoms with Crippen LogP contribution in [0.5, 0.6) is 0 Å². The molecule has 132 valence electrons. The fourth-order valence-electron chi connectivity index (χ4n) is 3.41. The Hall–Kier alpha value is -1.04. The van der Waals surface area contributed by atoms with Crippen molar-refractivity contribution in [3.8, 4) is 0 Å². The molecule has 0 amide bonds. The van der Waals surface area contributed by atoms with Crippen molar-refractivity contribution in [1.82, 2.24) is 4.90 Å². The molecule has 0 bridgehead atoms. The number of esters is 1. The van der Waals surface area contributed by atoms with E-state index in [1.807, 2.05) is 18.2 Å². The molecule has 1 aromatic carbocycles. The molecule has 0 aromatic heterocycles. The smallest absolute Gasteiger partial charge is 0.322 e. The molecule has 0 unspecified atom stereocenters. The van der Waals surface area contributed by atoms with E-state index in [1.54, 1.807) is 11.8 Å². The lowest BCUT2D eigenvalue weighted by molar-refractivity contribution is -0.148. The summed E-state index contributed by atoms with van der Waals surface area (Å²) < 4.78 is 10.7. The Morgan fingerprint density at radius 2 is 1.83 bits per heavy atom. The van der Waals surface area contributed by atoms with Crippen LogP contribution < -0.4 is 0 Å². The molecule has 3 rings (SSSR count). The summed E-state index contributed by atoms with van der Waals surface area (Å²) in [4.78, 5) is 16.3. The van der Waals surface area contributed by atoms with E-state index in [2.05, 4.69) is 17.0 Å². The van der Waals surface area contributed by atoms with Crippen LogP contribution in [-0.4, -0.2) is 55.1 Å². The molecule has 1 aliphatic carbocycles. The van der Waals surface area contributed by atoms with Gasteiger partial charge in [0.15, 0.2) is 0 Å². The van der Waals surface area contributed by atoms with Crippen LogP contribution in [0, 0.1) is 0 Å². The minimum atomic E-state index is -0.398. The highest BCUT2D eigenvalue weighted by molar-refractivity contribution is 8.01. The molecule has 2 fully saturated rings. The van der Waals surface area contributed by atoms with Crippen molar-refractivity contribution in [2.45, 2.75) is 41.7 Å². The number of benzene rings is 1. The van der Waals surface area contributed by atoms with Gasteiger partial charge < -0.3 is 9.47 Å². The highest BCUT2D eigenvalue weighted by Crippen LogP contribution is 2.44. The van der Waals surface area contributed by atoms with E-state index in [4.69, 9.17) is 9.47 Å². The maximum atomic E-state index is 12.9. The zero-order valence-electron chi connectivity index (χ0n) is 14.2. The van der Waals surface area contributed by atoms with E-state index in [9.17, 15) is 4.79 Å². The number of hydrogen-bond acceptors (Lipinski definition) is 5. The van der Waals surface area contributed by atoms with Gasteiger partial charge in [-0.25, -0.2) is 0 Å². The predicted molar refractivity (Wildman–Crippen MR) is 96.3 cm³/mol. The van der Waals surface area contributed by atoms with Gasteiger partial charge in [-0.3, -0.25) is 9.69 Å². The van der Waals surface area contributed by atoms with Crippen molar-refractivity contribution in [2.75, 3.05) is 39.5 Å². The Morgan fingerprint density at radius 3 is 2.54 bits per heavy atom. The maximum absolute atomic E-state index is 12.9. The molecule has 0 atom stereocenters. The second kappa shape index (κ2) is 8.88. The molecule has 1 saturated carbocycles. The fraction of sp³-hybridized carbons (Fsp3) is 0.632. The summed E-state index contributed by atoms with van der Waals surface area (Å²) in [6, 6.07) is 10.2. The Morgan fingerprint density at radius 1 is 1.12 bits per heavy atom. The first-order valence-electron chi connectivity index (χ1n) is 9.00. The van der Waals surface area contributed by atoms with Gasteiger partial charge in [0, 0.05) is 24.5 Å². The molecule has 1 heterocycles. The number of rotatable bonds is 6. The summed E-state index contributed by atoms with van der Waals surface area (Å²) >= 11 is 1.70. The minimum absolute atomic E-state index is 0.0238. The highest BCUT2D eigenvalue weighted by Gasteiger charge is 2.42. The third-order valence-electron chi connectivity index (χ3n) is 4.83. The SMILES string of the molecule is O=C(OCCN1CCOCC1)C1(Sc2ccccc2)CCCCC1. The van der Waals surface area contributed by atoms with Gasteiger partial charge >= 0.3 is 5.97 Å². The number of hydrogen-bond donors (Lipinski definition) is 0. The summed E-state index contributed by atoms with van der Waals surface area (Å²) in [7, 11) is 0. The molecular formula is C19H27NO3S. The van der Waals surface area contributed by atoms with Crippen LogP contribution in [0.2, 0.25) is 0 Å². The van der Waals surface area contributed by atoms with Crippen molar-refractivity contribution < 1.29 is 14.3 Å². The number of carbonyl (C=O) groups is 1. The van der Waals surface area contributed by atoms with E-state index in [-0.39, 0.29) is 5.97 Å². The molecule has 5 heteroatoms. The summed E-state index contributed by atoms with van der Waals surface area (Å²) in [6.07, 6.45) is 5.28. The van der Waals surface area contributed by atoms with E-state index in [1.165, 1.54) is 6.42 Å². The number of morpholine rings is 1. The number of carbonyl (C=O) groups excluding carboxylic acids is 1. The van der Waals surface area contributed by atoms with Gasteiger partial charge in [0.2, 0.25) is 0 Å². The molecule has 0 radical (unpaired) electrons. The highest BCUT2D eigenvalue weighted by atomic mass is 32.2. The molecule has 2 aliphatic rings. The summed E-state index contributed by atoms with van der Waals surface area (Å²) in [5.41, 5.74) is 0. The molecule has 1 aromatic rings. The Balaban J connectivity index is 1.56. The average Bonchev–Trinajstić information content (AvgIpc) is 2.64. The van der Waals surface area contributed by atoms with Gasteiger partial charge in [-0.05, 0) is 25.0 Å². The zero-order chi connectivity index (χ0) is 16.7. The monoisotopic (exact) mass is 349 g/mol. The summed E-state index contributed by atoms with van der Waals surface area (Å²) in [5.74, 6) is -0.0238. The Labute approximate surface area is 148 Å². The van der Waals surface area contributed by atoms with E-state index >= 15 is 0 Å². The van der Waals surface area contributed by atoms with E-state index < -0.39 is 4.75 Å². The van der Waals surface area contributed by atoms with E-state index in [0.29, 0.717) is 6.61 Å². The van der Waals surface area contributed by atoms with Gasteiger partial charge in [0.25, 0.3) is 0 Å². The lowest BCUT2D eigenvalue weighted by Crippen LogP contribution is -2.42. The lowest BCUT2D eigenvalue weighted by atomic mass is 9.88. The number of nitrogens with zero attached hydrogens (tertiary/aromatic N) is 1. The van der Waals surface area contributed by atoms with Gasteiger partial charge in [-0.1, -0.05) is 37.5 Å². The molecular weight excluding hydrogens is 322 g/mol. The lowest BCUT2D eigenvalue weighted by Gasteiger charge is -2.34. The first kappa shape index (κ1) is 17.8. The van der Waals surface area contributed by atoms with Crippen LogP contribution in [0.4, 0.5) is 0 Å². The molecule has 1 aliphatic heterocycles. The number of ether oxygens (including phenoxy) is 2.